The van der Waals surface area contributed by atoms with Crippen molar-refractivity contribution in [2.24, 2.45) is 0 Å². The minimum Gasteiger partial charge on any atom is -1.00 e. The van der Waals surface area contributed by atoms with Gasteiger partial charge in [0.15, 0.2) is 8.59 Å². The molecule has 0 amide bonds. The molecular weight excluding hydrogens is 865 g/mol. The van der Waals surface area contributed by atoms with E-state index in [-0.39, 0.29) is 34.0 Å². The zero-order chi connectivity index (χ0) is 33.0. The van der Waals surface area contributed by atoms with Crippen molar-refractivity contribution >= 4 is 69.6 Å². The minimum absolute atomic E-state index is 0. The van der Waals surface area contributed by atoms with Crippen LogP contribution in [0.5, 0.6) is 0 Å². The van der Waals surface area contributed by atoms with Crippen molar-refractivity contribution in [3.05, 3.63) is 109 Å². The van der Waals surface area contributed by atoms with E-state index in [4.69, 9.17) is 69.6 Å². The molecule has 0 spiro atoms. The molecule has 3 heterocycles. The van der Waals surface area contributed by atoms with E-state index in [9.17, 15) is 0 Å². The number of hydrogen-bond donors (Lipinski definition) is 0. The average Bonchev–Trinajstić information content (AvgIpc) is 3.66. The number of fused-ring (bicyclic) bond motifs is 4. The van der Waals surface area contributed by atoms with Crippen molar-refractivity contribution in [1.29, 1.82) is 0 Å². The molecular formula is C34H46Br2Cl6N6. The van der Waals surface area contributed by atoms with E-state index < -0.39 is 8.59 Å². The lowest BCUT2D eigenvalue weighted by molar-refractivity contribution is -0.697. The van der Waals surface area contributed by atoms with Crippen LogP contribution in [0.25, 0.3) is 0 Å². The molecule has 4 bridgehead atoms. The quantitative estimate of drug-likeness (QED) is 0.232. The second kappa shape index (κ2) is 27.2. The zero-order valence-electron chi connectivity index (χ0n) is 27.0. The fraction of sp³-hybridized carbons (Fsp3) is 0.471. The Bertz CT molecular complexity index is 1170. The summed E-state index contributed by atoms with van der Waals surface area (Å²) >= 11 is 28.8. The Morgan fingerprint density at radius 1 is 0.500 bits per heavy atom. The van der Waals surface area contributed by atoms with E-state index in [2.05, 4.69) is 126 Å². The molecule has 0 atom stereocenters. The van der Waals surface area contributed by atoms with Crippen molar-refractivity contribution in [2.45, 2.75) is 73.5 Å². The number of nitrogens with zero attached hydrogens (tertiary/aromatic N) is 6. The average molecular weight is 911 g/mol. The number of imidazole rings is 2. The van der Waals surface area contributed by atoms with Crippen molar-refractivity contribution in [3.8, 4) is 0 Å². The Balaban J connectivity index is 0.00000104. The number of rotatable bonds is 4. The van der Waals surface area contributed by atoms with Gasteiger partial charge in [0.1, 0.15) is 24.8 Å². The normalized spacial score (nSPS) is 15.2. The van der Waals surface area contributed by atoms with Gasteiger partial charge < -0.3 is 34.0 Å². The molecule has 0 N–H and O–H groups in total. The van der Waals surface area contributed by atoms with Gasteiger partial charge in [-0.2, -0.15) is 0 Å². The molecule has 0 radical (unpaired) electrons. The summed E-state index contributed by atoms with van der Waals surface area (Å²) in [6.45, 7) is 10.8. The summed E-state index contributed by atoms with van der Waals surface area (Å²) < 4.78 is 7.94. The smallest absolute Gasteiger partial charge is 0.243 e. The van der Waals surface area contributed by atoms with Gasteiger partial charge in [-0.25, -0.2) is 18.3 Å². The SMILES string of the molecule is ClC(Cl)Cl.ClC(Cl)Cl.[Br-].[Br-].c1ccc(CN2CCCn3cc[n+](c3)CCCN(Cc3ccccc3)CCC[n+]3ccn(c3)CCC2)cc1. The lowest BCUT2D eigenvalue weighted by atomic mass is 10.2. The largest absolute Gasteiger partial charge is 1.00 e. The van der Waals surface area contributed by atoms with Crippen molar-refractivity contribution in [3.63, 3.8) is 0 Å². The number of aromatic nitrogens is 4. The molecule has 0 saturated heterocycles. The van der Waals surface area contributed by atoms with E-state index in [1.165, 1.54) is 11.1 Å². The third-order valence-electron chi connectivity index (χ3n) is 7.55. The van der Waals surface area contributed by atoms with Gasteiger partial charge in [0.05, 0.1) is 26.2 Å². The van der Waals surface area contributed by atoms with Crippen LogP contribution in [0.1, 0.15) is 36.8 Å². The van der Waals surface area contributed by atoms with Crippen LogP contribution in [0.4, 0.5) is 0 Å². The van der Waals surface area contributed by atoms with Gasteiger partial charge >= 0.3 is 0 Å². The predicted molar refractivity (Wildman–Crippen MR) is 194 cm³/mol. The van der Waals surface area contributed by atoms with Crippen LogP contribution in [0.3, 0.4) is 0 Å². The molecule has 2 aromatic heterocycles. The third-order valence-corrected chi connectivity index (χ3v) is 7.55. The van der Waals surface area contributed by atoms with E-state index in [1.807, 2.05) is 0 Å². The molecule has 1 aliphatic heterocycles. The Kier molecular flexibility index (Phi) is 25.8. The molecule has 0 aliphatic carbocycles. The summed E-state index contributed by atoms with van der Waals surface area (Å²) in [6, 6.07) is 21.8. The van der Waals surface area contributed by atoms with Gasteiger partial charge in [0.2, 0.25) is 12.7 Å². The van der Waals surface area contributed by atoms with Crippen LogP contribution < -0.4 is 43.1 Å². The van der Waals surface area contributed by atoms with Gasteiger partial charge in [0.25, 0.3) is 0 Å². The first-order chi connectivity index (χ1) is 22.3. The highest BCUT2D eigenvalue weighted by Gasteiger charge is 2.13. The number of hydrogen-bond acceptors (Lipinski definition) is 2. The Hall–Kier alpha value is -0.520. The van der Waals surface area contributed by atoms with Crippen LogP contribution in [-0.2, 0) is 39.3 Å². The third kappa shape index (κ3) is 21.0. The minimum atomic E-state index is -0.750. The first-order valence-corrected chi connectivity index (χ1v) is 18.4. The fourth-order valence-corrected chi connectivity index (χ4v) is 5.54. The Labute approximate surface area is 338 Å². The van der Waals surface area contributed by atoms with E-state index in [0.29, 0.717) is 0 Å². The van der Waals surface area contributed by atoms with Crippen LogP contribution in [0, 0.1) is 0 Å². The second-order valence-corrected chi connectivity index (χ2v) is 15.2. The molecule has 6 nitrogen and oxygen atoms in total. The molecule has 268 valence electrons. The van der Waals surface area contributed by atoms with Crippen LogP contribution in [0.2, 0.25) is 0 Å². The lowest BCUT2D eigenvalue weighted by Crippen LogP contribution is -3.00. The fourth-order valence-electron chi connectivity index (χ4n) is 5.54. The maximum atomic E-state index is 4.81. The Morgan fingerprint density at radius 2 is 0.833 bits per heavy atom. The van der Waals surface area contributed by atoms with Crippen molar-refractivity contribution in [2.75, 3.05) is 26.2 Å². The van der Waals surface area contributed by atoms with E-state index >= 15 is 0 Å². The summed E-state index contributed by atoms with van der Waals surface area (Å²) in [5.41, 5.74) is 2.81. The summed E-state index contributed by atoms with van der Waals surface area (Å²) in [5, 5.41) is 0. The molecule has 1 aliphatic rings. The monoisotopic (exact) mass is 906 g/mol. The summed E-state index contributed by atoms with van der Waals surface area (Å²) in [4.78, 5) is 5.26. The first-order valence-electron chi connectivity index (χ1n) is 15.7. The van der Waals surface area contributed by atoms with Gasteiger partial charge in [-0.05, 0) is 36.8 Å². The van der Waals surface area contributed by atoms with Gasteiger partial charge in [-0.3, -0.25) is 9.80 Å². The predicted octanol–water partition coefficient (Wildman–Crippen LogP) is 2.12. The first kappa shape index (κ1) is 45.5. The standard InChI is InChI=1S/C32H44N6.2CHCl3.2BrH/c1-3-11-31(12-4-1)27-33-15-7-19-35-23-25-37(29-35)21-9-17-34(28-32-13-5-2-6-14-32)18-10-22-38-26-24-36(30-38)20-8-16-33;2*2-1(3)4;;/h1-6,11-14,23-26,29-30H,7-10,15-22,27-28H2;2*1H;2*1H/q+2;;;;/p-2. The van der Waals surface area contributed by atoms with E-state index in [1.54, 1.807) is 0 Å². The maximum Gasteiger partial charge on any atom is 0.243 e. The number of benzene rings is 2. The molecule has 5 rings (SSSR count). The zero-order valence-corrected chi connectivity index (χ0v) is 34.7. The summed E-state index contributed by atoms with van der Waals surface area (Å²) in [7, 11) is 0. The highest BCUT2D eigenvalue weighted by Crippen LogP contribution is 2.09. The van der Waals surface area contributed by atoms with Crippen LogP contribution in [0.15, 0.2) is 98.1 Å². The molecule has 2 aromatic carbocycles. The number of halogens is 8. The second-order valence-electron chi connectivity index (χ2n) is 11.2. The maximum absolute atomic E-state index is 4.81. The molecule has 48 heavy (non-hydrogen) atoms. The molecule has 14 heteroatoms. The molecule has 0 saturated carbocycles. The van der Waals surface area contributed by atoms with E-state index in [0.717, 1.165) is 91.1 Å². The Morgan fingerprint density at radius 3 is 1.19 bits per heavy atom. The van der Waals surface area contributed by atoms with Gasteiger partial charge in [-0.15, -0.1) is 0 Å². The number of alkyl halides is 6. The topological polar surface area (TPSA) is 24.1 Å². The van der Waals surface area contributed by atoms with Gasteiger partial charge in [-0.1, -0.05) is 130 Å². The lowest BCUT2D eigenvalue weighted by Gasteiger charge is -2.22. The summed E-state index contributed by atoms with van der Waals surface area (Å²) in [5.74, 6) is 0. The van der Waals surface area contributed by atoms with Crippen molar-refractivity contribution in [1.82, 2.24) is 18.9 Å². The van der Waals surface area contributed by atoms with Crippen LogP contribution in [-0.4, -0.2) is 53.7 Å². The highest BCUT2D eigenvalue weighted by molar-refractivity contribution is 6.63. The number of aryl methyl sites for hydroxylation is 4. The van der Waals surface area contributed by atoms with Gasteiger partial charge in [0, 0.05) is 39.3 Å². The molecule has 4 aromatic rings. The van der Waals surface area contributed by atoms with Crippen LogP contribution >= 0.6 is 69.6 Å². The highest BCUT2D eigenvalue weighted by atomic mass is 79.9. The molecule has 0 fully saturated rings. The van der Waals surface area contributed by atoms with Crippen molar-refractivity contribution < 1.29 is 43.1 Å². The summed E-state index contributed by atoms with van der Waals surface area (Å²) in [6.07, 6.45) is 18.2. The molecule has 0 unspecified atom stereocenters.